The largest absolute Gasteiger partial charge is 0.337 e. The molecule has 1 amide bonds. The Kier molecular flexibility index (Phi) is 4.01. The number of hydrogen-bond acceptors (Lipinski definition) is 3. The van der Waals surface area contributed by atoms with E-state index in [-0.39, 0.29) is 5.91 Å². The fourth-order valence-electron chi connectivity index (χ4n) is 3.47. The van der Waals surface area contributed by atoms with Crippen molar-refractivity contribution < 1.29 is 4.79 Å². The average Bonchev–Trinajstić information content (AvgIpc) is 3.29. The summed E-state index contributed by atoms with van der Waals surface area (Å²) in [6, 6.07) is 14.3. The van der Waals surface area contributed by atoms with Crippen molar-refractivity contribution in [1.29, 1.82) is 0 Å². The fraction of sp³-hybridized carbons (Fsp3) is 0.300. The molecule has 0 radical (unpaired) electrons. The van der Waals surface area contributed by atoms with Crippen molar-refractivity contribution in [3.63, 3.8) is 0 Å². The first-order chi connectivity index (χ1) is 12.1. The molecule has 128 valence electrons. The molecule has 1 unspecified atom stereocenters. The second kappa shape index (κ2) is 6.33. The summed E-state index contributed by atoms with van der Waals surface area (Å²) in [5.41, 5.74) is 2.68. The Balaban J connectivity index is 1.55. The molecular weight excluding hydrogens is 312 g/mol. The van der Waals surface area contributed by atoms with Gasteiger partial charge in [-0.1, -0.05) is 0 Å². The number of hydrogen-bond donors (Lipinski definition) is 0. The molecule has 0 N–H and O–H groups in total. The van der Waals surface area contributed by atoms with Gasteiger partial charge in [-0.2, -0.15) is 0 Å². The molecule has 5 nitrogen and oxygen atoms in total. The summed E-state index contributed by atoms with van der Waals surface area (Å²) in [6.45, 7) is 1.63. The van der Waals surface area contributed by atoms with Gasteiger partial charge >= 0.3 is 0 Å². The number of likely N-dealkylation sites (tertiary alicyclic amines) is 1. The molecule has 1 atom stereocenters. The number of benzene rings is 1. The van der Waals surface area contributed by atoms with E-state index in [4.69, 9.17) is 0 Å². The minimum atomic E-state index is 0.117. The summed E-state index contributed by atoms with van der Waals surface area (Å²) in [5.74, 6) is 0.117. The first kappa shape index (κ1) is 15.8. The third-order valence-electron chi connectivity index (χ3n) is 5.02. The van der Waals surface area contributed by atoms with E-state index in [0.717, 1.165) is 41.8 Å². The summed E-state index contributed by atoms with van der Waals surface area (Å²) < 4.78 is 2.04. The van der Waals surface area contributed by atoms with Crippen LogP contribution in [0.4, 0.5) is 0 Å². The number of rotatable bonds is 3. The predicted octanol–water partition coefficient (Wildman–Crippen LogP) is 2.80. The van der Waals surface area contributed by atoms with Gasteiger partial charge in [-0.3, -0.25) is 4.79 Å². The smallest absolute Gasteiger partial charge is 0.253 e. The number of pyridine rings is 1. The summed E-state index contributed by atoms with van der Waals surface area (Å²) in [5, 5.41) is 1.11. The van der Waals surface area contributed by atoms with E-state index in [1.54, 1.807) is 6.20 Å². The minimum Gasteiger partial charge on any atom is -0.337 e. The van der Waals surface area contributed by atoms with Crippen LogP contribution in [0, 0.1) is 0 Å². The van der Waals surface area contributed by atoms with Crippen LogP contribution >= 0.6 is 0 Å². The fourth-order valence-corrected chi connectivity index (χ4v) is 3.47. The topological polar surface area (TPSA) is 41.4 Å². The van der Waals surface area contributed by atoms with Crippen molar-refractivity contribution in [3.05, 3.63) is 60.4 Å². The average molecular weight is 334 g/mol. The lowest BCUT2D eigenvalue weighted by Crippen LogP contribution is -2.34. The monoisotopic (exact) mass is 334 g/mol. The maximum Gasteiger partial charge on any atom is 0.253 e. The zero-order chi connectivity index (χ0) is 17.4. The van der Waals surface area contributed by atoms with Crippen LogP contribution in [-0.4, -0.2) is 58.5 Å². The normalized spacial score (nSPS) is 17.6. The van der Waals surface area contributed by atoms with Crippen LogP contribution in [0.5, 0.6) is 0 Å². The van der Waals surface area contributed by atoms with E-state index in [1.807, 2.05) is 58.1 Å². The molecule has 3 heterocycles. The molecular formula is C20H22N4O. The third-order valence-corrected chi connectivity index (χ3v) is 5.02. The first-order valence-corrected chi connectivity index (χ1v) is 8.62. The second-order valence-corrected chi connectivity index (χ2v) is 6.81. The number of fused-ring (bicyclic) bond motifs is 1. The van der Waals surface area contributed by atoms with Gasteiger partial charge in [0.2, 0.25) is 0 Å². The van der Waals surface area contributed by atoms with Crippen LogP contribution in [0.1, 0.15) is 16.8 Å². The molecule has 1 aromatic carbocycles. The van der Waals surface area contributed by atoms with Crippen LogP contribution in [0.15, 0.2) is 54.9 Å². The number of likely N-dealkylation sites (N-methyl/N-ethyl adjacent to an activating group) is 1. The molecule has 0 aliphatic carbocycles. The number of amides is 1. The lowest BCUT2D eigenvalue weighted by molar-refractivity contribution is 0.0783. The van der Waals surface area contributed by atoms with Gasteiger partial charge in [-0.05, 0) is 63.0 Å². The zero-order valence-corrected chi connectivity index (χ0v) is 14.6. The Bertz CT molecular complexity index is 897. The van der Waals surface area contributed by atoms with Crippen molar-refractivity contribution in [2.75, 3.05) is 27.2 Å². The molecule has 2 aromatic heterocycles. The van der Waals surface area contributed by atoms with Crippen molar-refractivity contribution in [1.82, 2.24) is 19.4 Å². The SMILES string of the molecule is CN(C)C1CCN(C(=O)c2ccc(-n3ccc4cccnc43)cc2)C1. The standard InChI is InChI=1S/C20H22N4O/c1-22(2)18-10-12-23(14-18)20(25)16-5-7-17(8-6-16)24-13-9-15-4-3-11-21-19(15)24/h3-9,11,13,18H,10,12,14H2,1-2H3. The Morgan fingerprint density at radius 3 is 2.68 bits per heavy atom. The highest BCUT2D eigenvalue weighted by Gasteiger charge is 2.27. The molecule has 25 heavy (non-hydrogen) atoms. The van der Waals surface area contributed by atoms with E-state index >= 15 is 0 Å². The summed E-state index contributed by atoms with van der Waals surface area (Å²) in [4.78, 5) is 21.3. The number of nitrogens with zero attached hydrogens (tertiary/aromatic N) is 4. The van der Waals surface area contributed by atoms with E-state index < -0.39 is 0 Å². The van der Waals surface area contributed by atoms with Crippen LogP contribution in [0.25, 0.3) is 16.7 Å². The molecule has 1 fully saturated rings. The highest BCUT2D eigenvalue weighted by molar-refractivity contribution is 5.94. The molecule has 3 aromatic rings. The van der Waals surface area contributed by atoms with Gasteiger partial charge in [-0.15, -0.1) is 0 Å². The maximum absolute atomic E-state index is 12.7. The van der Waals surface area contributed by atoms with E-state index in [0.29, 0.717) is 6.04 Å². The predicted molar refractivity (Wildman–Crippen MR) is 99.1 cm³/mol. The number of carbonyl (C=O) groups excluding carboxylic acids is 1. The maximum atomic E-state index is 12.7. The van der Waals surface area contributed by atoms with Crippen molar-refractivity contribution in [3.8, 4) is 5.69 Å². The van der Waals surface area contributed by atoms with E-state index in [2.05, 4.69) is 24.0 Å². The van der Waals surface area contributed by atoms with Gasteiger partial charge in [0.15, 0.2) is 0 Å². The quantitative estimate of drug-likeness (QED) is 0.740. The summed E-state index contributed by atoms with van der Waals surface area (Å²) in [6.07, 6.45) is 4.85. The molecule has 5 heteroatoms. The van der Waals surface area contributed by atoms with Crippen molar-refractivity contribution in [2.24, 2.45) is 0 Å². The Labute approximate surface area is 147 Å². The lowest BCUT2D eigenvalue weighted by atomic mass is 10.2. The number of aromatic nitrogens is 2. The Morgan fingerprint density at radius 2 is 1.96 bits per heavy atom. The van der Waals surface area contributed by atoms with Crippen molar-refractivity contribution in [2.45, 2.75) is 12.5 Å². The van der Waals surface area contributed by atoms with Gasteiger partial charge in [-0.25, -0.2) is 4.98 Å². The Morgan fingerprint density at radius 1 is 1.16 bits per heavy atom. The lowest BCUT2D eigenvalue weighted by Gasteiger charge is -2.20. The van der Waals surface area contributed by atoms with Crippen molar-refractivity contribution >= 4 is 16.9 Å². The van der Waals surface area contributed by atoms with Gasteiger partial charge in [0.25, 0.3) is 5.91 Å². The van der Waals surface area contributed by atoms with E-state index in [9.17, 15) is 4.79 Å². The zero-order valence-electron chi connectivity index (χ0n) is 14.6. The molecule has 0 bridgehead atoms. The van der Waals surface area contributed by atoms with Gasteiger partial charge in [0.1, 0.15) is 5.65 Å². The molecule has 1 saturated heterocycles. The second-order valence-electron chi connectivity index (χ2n) is 6.81. The molecule has 1 aliphatic heterocycles. The van der Waals surface area contributed by atoms with Crippen LogP contribution in [0.2, 0.25) is 0 Å². The molecule has 1 aliphatic rings. The summed E-state index contributed by atoms with van der Waals surface area (Å²) >= 11 is 0. The molecule has 4 rings (SSSR count). The first-order valence-electron chi connectivity index (χ1n) is 8.62. The highest BCUT2D eigenvalue weighted by atomic mass is 16.2. The van der Waals surface area contributed by atoms with E-state index in [1.165, 1.54) is 0 Å². The number of carbonyl (C=O) groups is 1. The van der Waals surface area contributed by atoms with Crippen LogP contribution in [-0.2, 0) is 0 Å². The van der Waals surface area contributed by atoms with Gasteiger partial charge < -0.3 is 14.4 Å². The highest BCUT2D eigenvalue weighted by Crippen LogP contribution is 2.20. The van der Waals surface area contributed by atoms with Gasteiger partial charge in [0.05, 0.1) is 0 Å². The minimum absolute atomic E-state index is 0.117. The molecule has 0 saturated carbocycles. The van der Waals surface area contributed by atoms with Crippen LogP contribution in [0.3, 0.4) is 0 Å². The Hall–Kier alpha value is -2.66. The molecule has 0 spiro atoms. The summed E-state index contributed by atoms with van der Waals surface area (Å²) in [7, 11) is 4.14. The van der Waals surface area contributed by atoms with Crippen LogP contribution < -0.4 is 0 Å². The third kappa shape index (κ3) is 2.91. The van der Waals surface area contributed by atoms with Gasteiger partial charge in [0, 0.05) is 48.2 Å².